The maximum absolute atomic E-state index is 6.18. The molecule has 3 rings (SSSR count). The summed E-state index contributed by atoms with van der Waals surface area (Å²) in [7, 11) is 0. The van der Waals surface area contributed by atoms with Crippen LogP contribution in [0.4, 0.5) is 5.69 Å². The van der Waals surface area contributed by atoms with Crippen LogP contribution in [0.2, 0.25) is 5.02 Å². The van der Waals surface area contributed by atoms with Crippen molar-refractivity contribution < 1.29 is 4.74 Å². The number of anilines is 1. The number of nitrogens with two attached hydrogens (primary N) is 1. The van der Waals surface area contributed by atoms with Gasteiger partial charge in [-0.05, 0) is 37.0 Å². The second kappa shape index (κ2) is 5.50. The Balaban J connectivity index is 1.94. The van der Waals surface area contributed by atoms with Gasteiger partial charge in [-0.1, -0.05) is 31.5 Å². The molecule has 114 valence electrons. The van der Waals surface area contributed by atoms with Crippen LogP contribution in [-0.2, 0) is 4.74 Å². The summed E-state index contributed by atoms with van der Waals surface area (Å²) in [5.41, 5.74) is 7.13. The molecular weight excluding hydrogens is 286 g/mol. The summed E-state index contributed by atoms with van der Waals surface area (Å²) in [4.78, 5) is 6.68. The van der Waals surface area contributed by atoms with E-state index in [1.165, 1.54) is 0 Å². The molecule has 2 aliphatic rings. The van der Waals surface area contributed by atoms with Crippen molar-refractivity contribution in [2.24, 2.45) is 16.6 Å². The van der Waals surface area contributed by atoms with Gasteiger partial charge in [0.15, 0.2) is 5.96 Å². The fraction of sp³-hybridized carbons (Fsp3) is 0.562. The molecule has 0 saturated carbocycles. The Labute approximate surface area is 130 Å². The summed E-state index contributed by atoms with van der Waals surface area (Å²) in [6.07, 6.45) is 2.13. The largest absolute Gasteiger partial charge is 0.378 e. The molecular formula is C16H22ClN3O. The van der Waals surface area contributed by atoms with Gasteiger partial charge in [0.1, 0.15) is 0 Å². The number of hydrogen-bond donors (Lipinski definition) is 1. The normalized spacial score (nSPS) is 29.2. The molecule has 2 aliphatic heterocycles. The maximum atomic E-state index is 6.18. The number of aliphatic imine (C=N–C) groups is 1. The molecule has 0 aromatic heterocycles. The predicted octanol–water partition coefficient (Wildman–Crippen LogP) is 3.05. The molecule has 1 aromatic rings. The van der Waals surface area contributed by atoms with E-state index >= 15 is 0 Å². The van der Waals surface area contributed by atoms with Crippen LogP contribution in [0.5, 0.6) is 0 Å². The lowest BCUT2D eigenvalue weighted by atomic mass is 9.82. The zero-order valence-corrected chi connectivity index (χ0v) is 13.3. The maximum Gasteiger partial charge on any atom is 0.196 e. The average Bonchev–Trinajstić information content (AvgIpc) is 2.75. The standard InChI is InChI=1S/C16H22ClN3O/c1-11(2)14-9-16(6-7-21-14)10-19-15(18)20(16)13-5-3-4-12(17)8-13/h3-5,8,11,14H,6-7,9-10H2,1-2H3,(H2,18,19). The topological polar surface area (TPSA) is 50.9 Å². The van der Waals surface area contributed by atoms with E-state index in [-0.39, 0.29) is 11.6 Å². The second-order valence-corrected chi connectivity index (χ2v) is 6.76. The summed E-state index contributed by atoms with van der Waals surface area (Å²) in [5, 5.41) is 0.717. The number of rotatable bonds is 2. The Morgan fingerprint density at radius 2 is 2.29 bits per heavy atom. The van der Waals surface area contributed by atoms with E-state index in [0.29, 0.717) is 11.9 Å². The average molecular weight is 308 g/mol. The SMILES string of the molecule is CC(C)C1CC2(CCO1)CN=C(N)N2c1cccc(Cl)c1. The first-order valence-electron chi connectivity index (χ1n) is 7.49. The molecule has 0 radical (unpaired) electrons. The fourth-order valence-electron chi connectivity index (χ4n) is 3.34. The van der Waals surface area contributed by atoms with Gasteiger partial charge in [0.2, 0.25) is 0 Å². The lowest BCUT2D eigenvalue weighted by Gasteiger charge is -2.45. The Hall–Kier alpha value is -1.26. The zero-order valence-electron chi connectivity index (χ0n) is 12.6. The third-order valence-electron chi connectivity index (χ3n) is 4.53. The molecule has 1 fully saturated rings. The minimum absolute atomic E-state index is 0.0675. The van der Waals surface area contributed by atoms with Crippen molar-refractivity contribution >= 4 is 23.2 Å². The molecule has 2 atom stereocenters. The fourth-order valence-corrected chi connectivity index (χ4v) is 3.53. The molecule has 0 aliphatic carbocycles. The van der Waals surface area contributed by atoms with Crippen molar-refractivity contribution in [2.75, 3.05) is 18.1 Å². The first-order chi connectivity index (χ1) is 10.0. The number of hydrogen-bond acceptors (Lipinski definition) is 4. The van der Waals surface area contributed by atoms with Crippen molar-refractivity contribution in [3.8, 4) is 0 Å². The van der Waals surface area contributed by atoms with Crippen LogP contribution in [0, 0.1) is 5.92 Å². The van der Waals surface area contributed by atoms with E-state index in [9.17, 15) is 0 Å². The number of nitrogens with zero attached hydrogens (tertiary/aromatic N) is 2. The van der Waals surface area contributed by atoms with E-state index in [1.807, 2.05) is 24.3 Å². The van der Waals surface area contributed by atoms with Crippen molar-refractivity contribution in [1.29, 1.82) is 0 Å². The smallest absolute Gasteiger partial charge is 0.196 e. The van der Waals surface area contributed by atoms with E-state index in [2.05, 4.69) is 23.7 Å². The Bertz CT molecular complexity index is 560. The van der Waals surface area contributed by atoms with Gasteiger partial charge in [-0.2, -0.15) is 0 Å². The van der Waals surface area contributed by atoms with E-state index in [1.54, 1.807) is 0 Å². The first kappa shape index (κ1) is 14.7. The summed E-state index contributed by atoms with van der Waals surface area (Å²) in [6, 6.07) is 7.83. The van der Waals surface area contributed by atoms with E-state index < -0.39 is 0 Å². The number of ether oxygens (including phenoxy) is 1. The predicted molar refractivity (Wildman–Crippen MR) is 87.0 cm³/mol. The van der Waals surface area contributed by atoms with E-state index in [4.69, 9.17) is 22.1 Å². The zero-order chi connectivity index (χ0) is 15.0. The van der Waals surface area contributed by atoms with Crippen LogP contribution in [0.3, 0.4) is 0 Å². The molecule has 2 N–H and O–H groups in total. The molecule has 2 unspecified atom stereocenters. The van der Waals surface area contributed by atoms with Crippen LogP contribution in [-0.4, -0.2) is 30.8 Å². The summed E-state index contributed by atoms with van der Waals surface area (Å²) in [6.45, 7) is 5.89. The minimum Gasteiger partial charge on any atom is -0.378 e. The summed E-state index contributed by atoms with van der Waals surface area (Å²) < 4.78 is 5.92. The van der Waals surface area contributed by atoms with Gasteiger partial charge < -0.3 is 15.4 Å². The van der Waals surface area contributed by atoms with Crippen molar-refractivity contribution in [1.82, 2.24) is 0 Å². The quantitative estimate of drug-likeness (QED) is 0.913. The molecule has 1 saturated heterocycles. The molecule has 1 aromatic carbocycles. The second-order valence-electron chi connectivity index (χ2n) is 6.32. The van der Waals surface area contributed by atoms with E-state index in [0.717, 1.165) is 36.7 Å². The van der Waals surface area contributed by atoms with Gasteiger partial charge in [0.05, 0.1) is 18.2 Å². The van der Waals surface area contributed by atoms with Gasteiger partial charge in [-0.3, -0.25) is 4.99 Å². The van der Waals surface area contributed by atoms with Crippen molar-refractivity contribution in [3.05, 3.63) is 29.3 Å². The Morgan fingerprint density at radius 1 is 1.48 bits per heavy atom. The number of benzene rings is 1. The minimum atomic E-state index is -0.0675. The van der Waals surface area contributed by atoms with Gasteiger partial charge in [-0.15, -0.1) is 0 Å². The lowest BCUT2D eigenvalue weighted by molar-refractivity contribution is -0.0380. The van der Waals surface area contributed by atoms with Gasteiger partial charge in [0, 0.05) is 17.3 Å². The van der Waals surface area contributed by atoms with Crippen LogP contribution in [0.15, 0.2) is 29.3 Å². The molecule has 21 heavy (non-hydrogen) atoms. The van der Waals surface area contributed by atoms with Crippen LogP contribution in [0.25, 0.3) is 0 Å². The van der Waals surface area contributed by atoms with Crippen LogP contribution < -0.4 is 10.6 Å². The highest BCUT2D eigenvalue weighted by Crippen LogP contribution is 2.40. The Kier molecular flexibility index (Phi) is 3.84. The monoisotopic (exact) mass is 307 g/mol. The molecule has 0 amide bonds. The molecule has 1 spiro atoms. The summed E-state index contributed by atoms with van der Waals surface area (Å²) >= 11 is 6.15. The molecule has 4 nitrogen and oxygen atoms in total. The number of halogens is 1. The van der Waals surface area contributed by atoms with Gasteiger partial charge >= 0.3 is 0 Å². The first-order valence-corrected chi connectivity index (χ1v) is 7.87. The number of guanidine groups is 1. The highest BCUT2D eigenvalue weighted by Gasteiger charge is 2.47. The lowest BCUT2D eigenvalue weighted by Crippen LogP contribution is -2.57. The van der Waals surface area contributed by atoms with Gasteiger partial charge in [0.25, 0.3) is 0 Å². The highest BCUT2D eigenvalue weighted by atomic mass is 35.5. The van der Waals surface area contributed by atoms with Crippen molar-refractivity contribution in [3.63, 3.8) is 0 Å². The third kappa shape index (κ3) is 2.62. The molecule has 2 heterocycles. The van der Waals surface area contributed by atoms with Gasteiger partial charge in [-0.25, -0.2) is 0 Å². The van der Waals surface area contributed by atoms with Crippen LogP contribution in [0.1, 0.15) is 26.7 Å². The molecule has 5 heteroatoms. The van der Waals surface area contributed by atoms with Crippen molar-refractivity contribution in [2.45, 2.75) is 38.3 Å². The molecule has 0 bridgehead atoms. The Morgan fingerprint density at radius 3 is 3.00 bits per heavy atom. The summed E-state index contributed by atoms with van der Waals surface area (Å²) in [5.74, 6) is 1.08. The van der Waals surface area contributed by atoms with Crippen LogP contribution >= 0.6 is 11.6 Å². The highest BCUT2D eigenvalue weighted by molar-refractivity contribution is 6.31. The third-order valence-corrected chi connectivity index (χ3v) is 4.76.